The summed E-state index contributed by atoms with van der Waals surface area (Å²) in [6, 6.07) is 21.4. The molecule has 0 saturated heterocycles. The largest absolute Gasteiger partial charge is 0.478 e. The van der Waals surface area contributed by atoms with Crippen molar-refractivity contribution in [3.05, 3.63) is 106 Å². The lowest BCUT2D eigenvalue weighted by Gasteiger charge is -2.22. The van der Waals surface area contributed by atoms with Gasteiger partial charge in [0.1, 0.15) is 0 Å². The number of fused-ring (bicyclic) bond motifs is 1. The lowest BCUT2D eigenvalue weighted by Crippen LogP contribution is -2.38. The van der Waals surface area contributed by atoms with Gasteiger partial charge in [0.15, 0.2) is 0 Å². The molecule has 0 unspecified atom stereocenters. The number of imide groups is 1. The summed E-state index contributed by atoms with van der Waals surface area (Å²) in [5.41, 5.74) is 0.942. The van der Waals surface area contributed by atoms with Gasteiger partial charge in [-0.1, -0.05) is 52.3 Å². The van der Waals surface area contributed by atoms with Crippen molar-refractivity contribution >= 4 is 50.3 Å². The number of carboxylic acid groups (broad SMARTS) is 1. The molecule has 2 amide bonds. The van der Waals surface area contributed by atoms with E-state index in [1.807, 2.05) is 24.3 Å². The fourth-order valence-electron chi connectivity index (χ4n) is 3.24. The van der Waals surface area contributed by atoms with Gasteiger partial charge in [0, 0.05) is 15.4 Å². The average molecular weight is 475 g/mol. The summed E-state index contributed by atoms with van der Waals surface area (Å²) in [7, 11) is 0. The molecule has 1 aromatic heterocycles. The summed E-state index contributed by atoms with van der Waals surface area (Å²) >= 11 is 3.34. The number of pyridine rings is 1. The van der Waals surface area contributed by atoms with Crippen molar-refractivity contribution in [2.24, 2.45) is 0 Å². The number of carbonyl (C=O) groups is 3. The first-order valence-corrected chi connectivity index (χ1v) is 10.1. The lowest BCUT2D eigenvalue weighted by atomic mass is 10.0. The van der Waals surface area contributed by atoms with E-state index in [4.69, 9.17) is 0 Å². The van der Waals surface area contributed by atoms with E-state index < -0.39 is 17.8 Å². The molecule has 0 fully saturated rings. The maximum atomic E-state index is 13.5. The number of rotatable bonds is 4. The minimum Gasteiger partial charge on any atom is -0.478 e. The van der Waals surface area contributed by atoms with Crippen LogP contribution in [0, 0.1) is 0 Å². The van der Waals surface area contributed by atoms with Gasteiger partial charge in [-0.15, -0.1) is 0 Å². The first kappa shape index (κ1) is 20.4. The van der Waals surface area contributed by atoms with E-state index in [9.17, 15) is 19.5 Å². The first-order chi connectivity index (χ1) is 15.0. The van der Waals surface area contributed by atoms with Gasteiger partial charge >= 0.3 is 5.97 Å². The number of hydrogen-bond acceptors (Lipinski definition) is 4. The Morgan fingerprint density at radius 1 is 0.806 bits per heavy atom. The van der Waals surface area contributed by atoms with E-state index in [1.54, 1.807) is 36.4 Å². The van der Waals surface area contributed by atoms with Crippen molar-refractivity contribution in [1.82, 2.24) is 4.98 Å². The van der Waals surface area contributed by atoms with Crippen LogP contribution in [0.1, 0.15) is 31.1 Å². The molecule has 31 heavy (non-hydrogen) atoms. The molecule has 1 N–H and O–H groups in total. The highest BCUT2D eigenvalue weighted by Gasteiger charge is 2.29. The third-order valence-corrected chi connectivity index (χ3v) is 5.19. The molecule has 1 heterocycles. The van der Waals surface area contributed by atoms with Crippen LogP contribution in [0.2, 0.25) is 0 Å². The lowest BCUT2D eigenvalue weighted by molar-refractivity contribution is 0.0690. The Morgan fingerprint density at radius 2 is 1.52 bits per heavy atom. The fraction of sp³-hybridized carbons (Fsp3) is 0. The Bertz CT molecular complexity index is 1340. The molecule has 0 saturated carbocycles. The molecule has 0 bridgehead atoms. The van der Waals surface area contributed by atoms with Crippen molar-refractivity contribution in [1.29, 1.82) is 0 Å². The van der Waals surface area contributed by atoms with Gasteiger partial charge in [-0.2, -0.15) is 0 Å². The van der Waals surface area contributed by atoms with Crippen molar-refractivity contribution in [2.75, 3.05) is 4.90 Å². The number of benzene rings is 3. The van der Waals surface area contributed by atoms with Gasteiger partial charge in [0.2, 0.25) is 0 Å². The standard InChI is InChI=1S/C24H15BrN2O4/c25-17-8-5-7-16(12-17)22(28)27(18-13-15-6-1-4-11-21(15)26-14-18)23(29)19-9-2-3-10-20(19)24(30)31/h1-14H,(H,30,31). The van der Waals surface area contributed by atoms with Crippen LogP contribution in [0.3, 0.4) is 0 Å². The summed E-state index contributed by atoms with van der Waals surface area (Å²) < 4.78 is 0.674. The second kappa shape index (κ2) is 8.49. The van der Waals surface area contributed by atoms with Crippen LogP contribution >= 0.6 is 15.9 Å². The Labute approximate surface area is 185 Å². The summed E-state index contributed by atoms with van der Waals surface area (Å²) in [4.78, 5) is 43.9. The summed E-state index contributed by atoms with van der Waals surface area (Å²) in [5.74, 6) is -2.60. The molecule has 0 aliphatic rings. The highest BCUT2D eigenvalue weighted by Crippen LogP contribution is 2.25. The van der Waals surface area contributed by atoms with E-state index in [2.05, 4.69) is 20.9 Å². The van der Waals surface area contributed by atoms with Crippen LogP contribution < -0.4 is 4.90 Å². The number of hydrogen-bond donors (Lipinski definition) is 1. The summed E-state index contributed by atoms with van der Waals surface area (Å²) in [5, 5.41) is 10.3. The normalized spacial score (nSPS) is 10.6. The Kier molecular flexibility index (Phi) is 5.60. The number of halogens is 1. The second-order valence-electron chi connectivity index (χ2n) is 6.69. The molecule has 4 aromatic rings. The van der Waals surface area contributed by atoms with Crippen molar-refractivity contribution in [3.63, 3.8) is 0 Å². The van der Waals surface area contributed by atoms with Gasteiger partial charge in [0.25, 0.3) is 11.8 Å². The highest BCUT2D eigenvalue weighted by atomic mass is 79.9. The number of carbonyl (C=O) groups excluding carboxylic acids is 2. The average Bonchev–Trinajstić information content (AvgIpc) is 2.79. The molecule has 0 radical (unpaired) electrons. The van der Waals surface area contributed by atoms with Crippen LogP contribution in [0.4, 0.5) is 5.69 Å². The second-order valence-corrected chi connectivity index (χ2v) is 7.61. The van der Waals surface area contributed by atoms with Gasteiger partial charge in [-0.3, -0.25) is 14.6 Å². The molecule has 3 aromatic carbocycles. The van der Waals surface area contributed by atoms with E-state index >= 15 is 0 Å². The van der Waals surface area contributed by atoms with E-state index in [-0.39, 0.29) is 22.4 Å². The molecule has 0 aliphatic carbocycles. The van der Waals surface area contributed by atoms with Crippen molar-refractivity contribution < 1.29 is 19.5 Å². The van der Waals surface area contributed by atoms with E-state index in [0.29, 0.717) is 9.99 Å². The first-order valence-electron chi connectivity index (χ1n) is 9.27. The zero-order valence-corrected chi connectivity index (χ0v) is 17.6. The van der Waals surface area contributed by atoms with Crippen LogP contribution in [-0.2, 0) is 0 Å². The van der Waals surface area contributed by atoms with Gasteiger partial charge in [0.05, 0.1) is 28.5 Å². The summed E-state index contributed by atoms with van der Waals surface area (Å²) in [6.07, 6.45) is 1.43. The van der Waals surface area contributed by atoms with Crippen LogP contribution in [0.25, 0.3) is 10.9 Å². The number of aromatic carboxylic acids is 1. The van der Waals surface area contributed by atoms with Gasteiger partial charge in [-0.05, 0) is 42.5 Å². The molecular weight excluding hydrogens is 460 g/mol. The monoisotopic (exact) mass is 474 g/mol. The maximum Gasteiger partial charge on any atom is 0.336 e. The topological polar surface area (TPSA) is 87.6 Å². The Morgan fingerprint density at radius 3 is 2.26 bits per heavy atom. The van der Waals surface area contributed by atoms with Crippen molar-refractivity contribution in [3.8, 4) is 0 Å². The van der Waals surface area contributed by atoms with Crippen LogP contribution in [0.15, 0.2) is 89.5 Å². The van der Waals surface area contributed by atoms with Crippen LogP contribution in [0.5, 0.6) is 0 Å². The number of amides is 2. The molecule has 0 spiro atoms. The van der Waals surface area contributed by atoms with Crippen LogP contribution in [-0.4, -0.2) is 27.9 Å². The van der Waals surface area contributed by atoms with Gasteiger partial charge in [-0.25, -0.2) is 9.69 Å². The zero-order valence-electron chi connectivity index (χ0n) is 16.0. The van der Waals surface area contributed by atoms with E-state index in [1.165, 1.54) is 24.4 Å². The quantitative estimate of drug-likeness (QED) is 0.411. The minimum atomic E-state index is -1.25. The number of anilines is 1. The van der Waals surface area contributed by atoms with Crippen molar-refractivity contribution in [2.45, 2.75) is 0 Å². The number of para-hydroxylation sites is 1. The molecule has 4 rings (SSSR count). The predicted molar refractivity (Wildman–Crippen MR) is 120 cm³/mol. The number of carboxylic acids is 1. The molecular formula is C24H15BrN2O4. The molecule has 7 heteroatoms. The smallest absolute Gasteiger partial charge is 0.336 e. The van der Waals surface area contributed by atoms with E-state index in [0.717, 1.165) is 10.3 Å². The summed E-state index contributed by atoms with van der Waals surface area (Å²) in [6.45, 7) is 0. The maximum absolute atomic E-state index is 13.5. The number of nitrogens with zero attached hydrogens (tertiary/aromatic N) is 2. The highest BCUT2D eigenvalue weighted by molar-refractivity contribution is 9.10. The molecule has 6 nitrogen and oxygen atoms in total. The Hall–Kier alpha value is -3.84. The fourth-order valence-corrected chi connectivity index (χ4v) is 3.63. The third kappa shape index (κ3) is 4.08. The number of aromatic nitrogens is 1. The minimum absolute atomic E-state index is 0.0912. The molecule has 0 atom stereocenters. The zero-order chi connectivity index (χ0) is 22.0. The Balaban J connectivity index is 1.89. The predicted octanol–water partition coefficient (Wildman–Crippen LogP) is 5.18. The molecule has 0 aliphatic heterocycles. The SMILES string of the molecule is O=C(O)c1ccccc1C(=O)N(C(=O)c1cccc(Br)c1)c1cnc2ccccc2c1. The molecule has 152 valence electrons. The van der Waals surface area contributed by atoms with Gasteiger partial charge < -0.3 is 5.11 Å². The third-order valence-electron chi connectivity index (χ3n) is 4.70.